The van der Waals surface area contributed by atoms with E-state index in [0.29, 0.717) is 11.3 Å². The van der Waals surface area contributed by atoms with E-state index in [4.69, 9.17) is 4.74 Å². The SMILES string of the molecule is COc1ccc(/C=C/C(=O)n2ccnc2)c([N+](=O)[O-])c1. The van der Waals surface area contributed by atoms with Crippen molar-refractivity contribution < 1.29 is 14.5 Å². The summed E-state index contributed by atoms with van der Waals surface area (Å²) in [5.41, 5.74) is 0.197. The molecule has 0 aliphatic heterocycles. The topological polar surface area (TPSA) is 87.3 Å². The highest BCUT2D eigenvalue weighted by Crippen LogP contribution is 2.25. The molecule has 0 amide bonds. The van der Waals surface area contributed by atoms with Crippen molar-refractivity contribution in [2.24, 2.45) is 0 Å². The lowest BCUT2D eigenvalue weighted by Gasteiger charge is -2.02. The molecule has 0 saturated carbocycles. The second kappa shape index (κ2) is 5.79. The molecule has 20 heavy (non-hydrogen) atoms. The molecule has 1 heterocycles. The first kappa shape index (κ1) is 13.5. The van der Waals surface area contributed by atoms with Crippen LogP contribution in [0.3, 0.4) is 0 Å². The largest absolute Gasteiger partial charge is 0.497 e. The number of hydrogen-bond donors (Lipinski definition) is 0. The van der Waals surface area contributed by atoms with E-state index in [1.807, 2.05) is 0 Å². The van der Waals surface area contributed by atoms with Crippen LogP contribution in [0.1, 0.15) is 10.4 Å². The first-order valence-electron chi connectivity index (χ1n) is 5.64. The lowest BCUT2D eigenvalue weighted by molar-refractivity contribution is -0.385. The van der Waals surface area contributed by atoms with Crippen LogP contribution in [0.4, 0.5) is 5.69 Å². The molecule has 1 aromatic carbocycles. The molecular weight excluding hydrogens is 262 g/mol. The summed E-state index contributed by atoms with van der Waals surface area (Å²) >= 11 is 0. The van der Waals surface area contributed by atoms with E-state index in [2.05, 4.69) is 4.98 Å². The highest BCUT2D eigenvalue weighted by Gasteiger charge is 2.13. The lowest BCUT2D eigenvalue weighted by Crippen LogP contribution is -2.03. The molecule has 0 N–H and O–H groups in total. The molecule has 0 atom stereocenters. The zero-order valence-electron chi connectivity index (χ0n) is 10.6. The number of imidazole rings is 1. The molecule has 0 fully saturated rings. The van der Waals surface area contributed by atoms with Crippen molar-refractivity contribution in [2.45, 2.75) is 0 Å². The first-order valence-corrected chi connectivity index (χ1v) is 5.64. The lowest BCUT2D eigenvalue weighted by atomic mass is 10.1. The van der Waals surface area contributed by atoms with Gasteiger partial charge in [0, 0.05) is 18.5 Å². The molecular formula is C13H11N3O4. The number of methoxy groups -OCH3 is 1. The van der Waals surface area contributed by atoms with Crippen molar-refractivity contribution in [3.8, 4) is 5.75 Å². The van der Waals surface area contributed by atoms with Crippen LogP contribution in [0.15, 0.2) is 43.0 Å². The summed E-state index contributed by atoms with van der Waals surface area (Å²) < 4.78 is 6.21. The average molecular weight is 273 g/mol. The number of hydrogen-bond acceptors (Lipinski definition) is 5. The van der Waals surface area contributed by atoms with Crippen LogP contribution in [0.5, 0.6) is 5.75 Å². The fourth-order valence-corrected chi connectivity index (χ4v) is 1.59. The quantitative estimate of drug-likeness (QED) is 0.484. The Morgan fingerprint density at radius 2 is 2.30 bits per heavy atom. The molecule has 0 radical (unpaired) electrons. The molecule has 2 aromatic rings. The summed E-state index contributed by atoms with van der Waals surface area (Å²) in [6.07, 6.45) is 6.96. The minimum Gasteiger partial charge on any atom is -0.497 e. The fourth-order valence-electron chi connectivity index (χ4n) is 1.59. The van der Waals surface area contributed by atoms with Gasteiger partial charge in [-0.05, 0) is 18.2 Å². The van der Waals surface area contributed by atoms with Gasteiger partial charge in [0.2, 0.25) is 0 Å². The minimum absolute atomic E-state index is 0.126. The molecule has 7 nitrogen and oxygen atoms in total. The van der Waals surface area contributed by atoms with Crippen molar-refractivity contribution in [3.63, 3.8) is 0 Å². The van der Waals surface area contributed by atoms with E-state index >= 15 is 0 Å². The van der Waals surface area contributed by atoms with Gasteiger partial charge >= 0.3 is 0 Å². The van der Waals surface area contributed by atoms with Gasteiger partial charge in [0.25, 0.3) is 11.6 Å². The second-order valence-electron chi connectivity index (χ2n) is 3.82. The van der Waals surface area contributed by atoms with Crippen molar-refractivity contribution in [1.82, 2.24) is 9.55 Å². The zero-order chi connectivity index (χ0) is 14.5. The molecule has 2 rings (SSSR count). The number of nitro groups is 1. The van der Waals surface area contributed by atoms with Gasteiger partial charge < -0.3 is 4.74 Å². The molecule has 7 heteroatoms. The maximum Gasteiger partial charge on any atom is 0.280 e. The van der Waals surface area contributed by atoms with E-state index < -0.39 is 4.92 Å². The van der Waals surface area contributed by atoms with Gasteiger partial charge in [-0.15, -0.1) is 0 Å². The average Bonchev–Trinajstić information content (AvgIpc) is 2.98. The summed E-state index contributed by atoms with van der Waals surface area (Å²) in [7, 11) is 1.43. The van der Waals surface area contributed by atoms with E-state index in [9.17, 15) is 14.9 Å². The number of aromatic nitrogens is 2. The Morgan fingerprint density at radius 1 is 1.50 bits per heavy atom. The zero-order valence-corrected chi connectivity index (χ0v) is 10.6. The smallest absolute Gasteiger partial charge is 0.280 e. The Balaban J connectivity index is 2.29. The van der Waals surface area contributed by atoms with E-state index in [0.717, 1.165) is 0 Å². The van der Waals surface area contributed by atoms with Crippen molar-refractivity contribution in [1.29, 1.82) is 0 Å². The first-order chi connectivity index (χ1) is 9.61. The number of nitrogens with zero attached hydrogens (tertiary/aromatic N) is 3. The molecule has 0 unspecified atom stereocenters. The van der Waals surface area contributed by atoms with E-state index in [1.165, 1.54) is 54.7 Å². The molecule has 0 aliphatic rings. The third kappa shape index (κ3) is 2.89. The molecule has 0 saturated heterocycles. The Morgan fingerprint density at radius 3 is 2.90 bits per heavy atom. The number of carbonyl (C=O) groups excluding carboxylic acids is 1. The van der Waals surface area contributed by atoms with Crippen LogP contribution >= 0.6 is 0 Å². The minimum atomic E-state index is -0.524. The predicted molar refractivity (Wildman–Crippen MR) is 71.5 cm³/mol. The van der Waals surface area contributed by atoms with Gasteiger partial charge in [-0.2, -0.15) is 0 Å². The predicted octanol–water partition coefficient (Wildman–Crippen LogP) is 2.15. The molecule has 0 bridgehead atoms. The fraction of sp³-hybridized carbons (Fsp3) is 0.0769. The second-order valence-corrected chi connectivity index (χ2v) is 3.82. The molecule has 0 aliphatic carbocycles. The normalized spacial score (nSPS) is 10.7. The van der Waals surface area contributed by atoms with Gasteiger partial charge in [0.05, 0.1) is 23.7 Å². The van der Waals surface area contributed by atoms with Crippen LogP contribution in [0.2, 0.25) is 0 Å². The van der Waals surface area contributed by atoms with Gasteiger partial charge in [-0.3, -0.25) is 19.5 Å². The highest BCUT2D eigenvalue weighted by molar-refractivity contribution is 5.94. The van der Waals surface area contributed by atoms with Crippen LogP contribution in [0, 0.1) is 10.1 Å². The number of benzene rings is 1. The van der Waals surface area contributed by atoms with Crippen LogP contribution in [-0.2, 0) is 0 Å². The van der Waals surface area contributed by atoms with Crippen LogP contribution < -0.4 is 4.74 Å². The Bertz CT molecular complexity index is 662. The number of rotatable bonds is 4. The van der Waals surface area contributed by atoms with Crippen molar-refractivity contribution in [2.75, 3.05) is 7.11 Å². The Labute approximate surface area is 114 Å². The third-order valence-electron chi connectivity index (χ3n) is 2.60. The number of nitro benzene ring substituents is 1. The molecule has 102 valence electrons. The summed E-state index contributed by atoms with van der Waals surface area (Å²) in [6.45, 7) is 0. The van der Waals surface area contributed by atoms with Gasteiger partial charge in [-0.1, -0.05) is 0 Å². The summed E-state index contributed by atoms with van der Waals surface area (Å²) in [4.78, 5) is 25.9. The van der Waals surface area contributed by atoms with Gasteiger partial charge in [0.1, 0.15) is 12.1 Å². The Kier molecular flexibility index (Phi) is 3.90. The number of carbonyl (C=O) groups is 1. The van der Waals surface area contributed by atoms with Gasteiger partial charge in [0.15, 0.2) is 0 Å². The van der Waals surface area contributed by atoms with Gasteiger partial charge in [-0.25, -0.2) is 4.98 Å². The van der Waals surface area contributed by atoms with Crippen LogP contribution in [-0.4, -0.2) is 27.5 Å². The summed E-state index contributed by atoms with van der Waals surface area (Å²) in [6, 6.07) is 4.42. The number of ether oxygens (including phenoxy) is 1. The Hall–Kier alpha value is -2.96. The van der Waals surface area contributed by atoms with E-state index in [-0.39, 0.29) is 11.6 Å². The third-order valence-corrected chi connectivity index (χ3v) is 2.60. The number of allylic oxidation sites excluding steroid dienone is 1. The van der Waals surface area contributed by atoms with E-state index in [1.54, 1.807) is 6.07 Å². The summed E-state index contributed by atoms with van der Waals surface area (Å²) in [5, 5.41) is 11.0. The molecule has 1 aromatic heterocycles. The highest BCUT2D eigenvalue weighted by atomic mass is 16.6. The molecule has 0 spiro atoms. The van der Waals surface area contributed by atoms with Crippen LogP contribution in [0.25, 0.3) is 6.08 Å². The maximum absolute atomic E-state index is 11.7. The maximum atomic E-state index is 11.7. The monoisotopic (exact) mass is 273 g/mol. The van der Waals surface area contributed by atoms with Crippen molar-refractivity contribution in [3.05, 3.63) is 58.7 Å². The van der Waals surface area contributed by atoms with Crippen molar-refractivity contribution >= 4 is 17.7 Å². The summed E-state index contributed by atoms with van der Waals surface area (Å²) in [5.74, 6) is 0.0439. The standard InChI is InChI=1S/C13H11N3O4/c1-20-11-4-2-10(12(8-11)16(18)19)3-5-13(17)15-7-6-14-9-15/h2-9H,1H3/b5-3+.